The van der Waals surface area contributed by atoms with E-state index >= 15 is 0 Å². The zero-order valence-corrected chi connectivity index (χ0v) is 12.5. The van der Waals surface area contributed by atoms with E-state index in [4.69, 9.17) is 0 Å². The molecule has 0 radical (unpaired) electrons. The van der Waals surface area contributed by atoms with Crippen LogP contribution in [0.4, 0.5) is 16.2 Å². The fraction of sp³-hybridized carbons (Fsp3) is 0.286. The predicted molar refractivity (Wildman–Crippen MR) is 77.6 cm³/mol. The normalized spacial score (nSPS) is 14.5. The first-order valence-corrected chi connectivity index (χ1v) is 6.39. The molecule has 22 heavy (non-hydrogen) atoms. The van der Waals surface area contributed by atoms with E-state index in [0.717, 1.165) is 0 Å². The molecule has 0 aliphatic rings. The summed E-state index contributed by atoms with van der Waals surface area (Å²) in [6.45, 7) is 6.38. The predicted octanol–water partition coefficient (Wildman–Crippen LogP) is 1.25. The second kappa shape index (κ2) is 6.35. The second-order valence-electron chi connectivity index (χ2n) is 5.05. The summed E-state index contributed by atoms with van der Waals surface area (Å²) in [4.78, 5) is 33.6. The third-order valence-corrected chi connectivity index (χ3v) is 3.39. The van der Waals surface area contributed by atoms with Crippen molar-refractivity contribution >= 4 is 23.4 Å². The van der Waals surface area contributed by atoms with Gasteiger partial charge in [0.15, 0.2) is 6.17 Å². The molecule has 0 saturated carbocycles. The number of nitrogens with zero attached hydrogens (tertiary/aromatic N) is 2. The van der Waals surface area contributed by atoms with Gasteiger partial charge in [-0.2, -0.15) is 4.48 Å². The standard InChI is InChI=1S/C14H17N3O5/c1-9(2)13(18)17(4,14(19)20)10(3)15-11-5-7-12(8-6-11)16(21)22/h5-8,10,15H,1H2,2-4H3. The molecule has 2 atom stereocenters. The lowest BCUT2D eigenvalue weighted by molar-refractivity contribution is -0.802. The number of carbonyl (C=O) groups is 2. The largest absolute Gasteiger partial charge is 0.498 e. The number of anilines is 1. The molecule has 1 N–H and O–H groups in total. The van der Waals surface area contributed by atoms with E-state index in [-0.39, 0.29) is 11.3 Å². The first-order chi connectivity index (χ1) is 10.1. The number of likely N-dealkylation sites (N-methyl/N-ethyl adjacent to an activating group) is 1. The van der Waals surface area contributed by atoms with Gasteiger partial charge in [-0.05, 0) is 19.1 Å². The van der Waals surface area contributed by atoms with Crippen LogP contribution in [0.5, 0.6) is 0 Å². The quantitative estimate of drug-likeness (QED) is 0.288. The summed E-state index contributed by atoms with van der Waals surface area (Å²) in [5.41, 5.74) is 0.440. The molecule has 1 aromatic rings. The van der Waals surface area contributed by atoms with Gasteiger partial charge < -0.3 is 15.2 Å². The molecule has 2 unspecified atom stereocenters. The molecule has 0 aliphatic heterocycles. The maximum Gasteiger partial charge on any atom is 0.348 e. The molecule has 1 aromatic carbocycles. The van der Waals surface area contributed by atoms with Crippen molar-refractivity contribution < 1.29 is 24.1 Å². The summed E-state index contributed by atoms with van der Waals surface area (Å²) < 4.78 is -1.04. The molecule has 0 aliphatic carbocycles. The molecular weight excluding hydrogens is 290 g/mol. The number of benzene rings is 1. The minimum atomic E-state index is -1.57. The van der Waals surface area contributed by atoms with Crippen molar-refractivity contribution in [3.05, 3.63) is 46.5 Å². The SMILES string of the molecule is C=C(C)C(=O)[N+](C)(C(=O)[O-])C(C)Nc1ccc([N+](=O)[O-])cc1. The minimum Gasteiger partial charge on any atom is -0.498 e. The second-order valence-corrected chi connectivity index (χ2v) is 5.05. The van der Waals surface area contributed by atoms with E-state index in [1.54, 1.807) is 0 Å². The average Bonchev–Trinajstić information content (AvgIpc) is 2.45. The third-order valence-electron chi connectivity index (χ3n) is 3.39. The van der Waals surface area contributed by atoms with Crippen LogP contribution in [0.2, 0.25) is 0 Å². The molecular formula is C14H17N3O5. The van der Waals surface area contributed by atoms with E-state index in [0.29, 0.717) is 5.69 Å². The number of nitro groups is 1. The summed E-state index contributed by atoms with van der Waals surface area (Å²) in [6, 6.07) is 5.41. The fourth-order valence-electron chi connectivity index (χ4n) is 1.86. The van der Waals surface area contributed by atoms with Crippen LogP contribution in [0.3, 0.4) is 0 Å². The van der Waals surface area contributed by atoms with Crippen LogP contribution in [0.25, 0.3) is 0 Å². The van der Waals surface area contributed by atoms with Gasteiger partial charge in [-0.3, -0.25) is 10.1 Å². The van der Waals surface area contributed by atoms with Crippen molar-refractivity contribution in [3.8, 4) is 0 Å². The number of quaternary nitrogens is 1. The van der Waals surface area contributed by atoms with Gasteiger partial charge in [-0.1, -0.05) is 6.58 Å². The number of non-ortho nitro benzene ring substituents is 1. The molecule has 0 spiro atoms. The van der Waals surface area contributed by atoms with Crippen molar-refractivity contribution in [2.45, 2.75) is 20.0 Å². The van der Waals surface area contributed by atoms with Crippen LogP contribution < -0.4 is 10.4 Å². The first kappa shape index (κ1) is 17.3. The summed E-state index contributed by atoms with van der Waals surface area (Å²) in [5, 5.41) is 24.8. The highest BCUT2D eigenvalue weighted by Gasteiger charge is 2.40. The lowest BCUT2D eigenvalue weighted by Crippen LogP contribution is -2.66. The van der Waals surface area contributed by atoms with Crippen molar-refractivity contribution in [1.82, 2.24) is 0 Å². The van der Waals surface area contributed by atoms with Gasteiger partial charge in [0.1, 0.15) is 0 Å². The molecule has 0 saturated heterocycles. The molecule has 118 valence electrons. The summed E-state index contributed by atoms with van der Waals surface area (Å²) in [7, 11) is 1.20. The molecule has 0 bridgehead atoms. The van der Waals surface area contributed by atoms with Crippen molar-refractivity contribution in [2.24, 2.45) is 0 Å². The Morgan fingerprint density at radius 3 is 2.18 bits per heavy atom. The lowest BCUT2D eigenvalue weighted by Gasteiger charge is -2.37. The molecule has 2 amide bonds. The third kappa shape index (κ3) is 3.29. The number of nitro benzene ring substituents is 1. The van der Waals surface area contributed by atoms with Gasteiger partial charge in [0.25, 0.3) is 11.8 Å². The van der Waals surface area contributed by atoms with Crippen molar-refractivity contribution in [2.75, 3.05) is 12.4 Å². The van der Waals surface area contributed by atoms with Crippen LogP contribution >= 0.6 is 0 Å². The number of rotatable bonds is 5. The zero-order valence-electron chi connectivity index (χ0n) is 12.5. The molecule has 1 rings (SSSR count). The number of carboxylic acid groups (broad SMARTS) is 1. The van der Waals surface area contributed by atoms with Crippen LogP contribution in [0, 0.1) is 10.1 Å². The van der Waals surface area contributed by atoms with Crippen LogP contribution in [-0.2, 0) is 4.79 Å². The molecule has 8 heteroatoms. The van der Waals surface area contributed by atoms with Gasteiger partial charge in [0.2, 0.25) is 0 Å². The number of hydrogen-bond donors (Lipinski definition) is 1. The maximum absolute atomic E-state index is 12.1. The molecule has 0 fully saturated rings. The summed E-state index contributed by atoms with van der Waals surface area (Å²) in [6.07, 6.45) is -2.44. The van der Waals surface area contributed by atoms with Gasteiger partial charge >= 0.3 is 5.91 Å². The Hall–Kier alpha value is -2.74. The van der Waals surface area contributed by atoms with E-state index in [1.165, 1.54) is 45.2 Å². The molecule has 0 heterocycles. The Morgan fingerprint density at radius 1 is 1.32 bits per heavy atom. The van der Waals surface area contributed by atoms with E-state index in [2.05, 4.69) is 11.9 Å². The Bertz CT molecular complexity index is 626. The fourth-order valence-corrected chi connectivity index (χ4v) is 1.86. The minimum absolute atomic E-state index is 0.0871. The van der Waals surface area contributed by atoms with Gasteiger partial charge in [0, 0.05) is 30.3 Å². The highest BCUT2D eigenvalue weighted by atomic mass is 16.6. The van der Waals surface area contributed by atoms with Gasteiger partial charge in [-0.25, -0.2) is 4.79 Å². The van der Waals surface area contributed by atoms with Crippen LogP contribution in [0.15, 0.2) is 36.4 Å². The topological polar surface area (TPSA) is 112 Å². The van der Waals surface area contributed by atoms with Crippen LogP contribution in [0.1, 0.15) is 13.8 Å². The number of nitrogens with one attached hydrogen (secondary N) is 1. The van der Waals surface area contributed by atoms with Crippen LogP contribution in [-0.4, -0.2) is 34.6 Å². The Morgan fingerprint density at radius 2 is 1.82 bits per heavy atom. The van der Waals surface area contributed by atoms with Gasteiger partial charge in [-0.15, -0.1) is 0 Å². The number of hydrogen-bond acceptors (Lipinski definition) is 6. The van der Waals surface area contributed by atoms with Gasteiger partial charge in [0.05, 0.1) is 12.0 Å². The Kier molecular flexibility index (Phi) is 5.00. The Labute approximate surface area is 127 Å². The molecule has 0 aromatic heterocycles. The van der Waals surface area contributed by atoms with E-state index < -0.39 is 27.6 Å². The number of imide groups is 1. The number of carbonyl (C=O) groups excluding carboxylic acids is 2. The average molecular weight is 307 g/mol. The zero-order chi connectivity index (χ0) is 17.1. The van der Waals surface area contributed by atoms with E-state index in [1.807, 2.05) is 0 Å². The monoisotopic (exact) mass is 307 g/mol. The van der Waals surface area contributed by atoms with E-state index in [9.17, 15) is 24.8 Å². The number of amides is 2. The Balaban J connectivity index is 3.04. The highest BCUT2D eigenvalue weighted by molar-refractivity contribution is 5.92. The summed E-state index contributed by atoms with van der Waals surface area (Å²) >= 11 is 0. The van der Waals surface area contributed by atoms with Crippen molar-refractivity contribution in [3.63, 3.8) is 0 Å². The molecule has 8 nitrogen and oxygen atoms in total. The highest BCUT2D eigenvalue weighted by Crippen LogP contribution is 2.20. The maximum atomic E-state index is 12.1. The smallest absolute Gasteiger partial charge is 0.348 e. The summed E-state index contributed by atoms with van der Waals surface area (Å²) in [5.74, 6) is -0.693. The first-order valence-electron chi connectivity index (χ1n) is 6.39. The lowest BCUT2D eigenvalue weighted by atomic mass is 10.2. The van der Waals surface area contributed by atoms with Crippen molar-refractivity contribution in [1.29, 1.82) is 0 Å².